The predicted octanol–water partition coefficient (Wildman–Crippen LogP) is -5.50. The fraction of sp³-hybridized carbons (Fsp3) is 0.552. The average Bonchev–Trinajstić information content (AvgIpc) is 3.43. The zero-order valence-electron chi connectivity index (χ0n) is 28.7. The van der Waals surface area contributed by atoms with Crippen molar-refractivity contribution in [2.75, 3.05) is 26.7 Å². The standard InChI is InChI=1S/C29H42IN9O15/c1-32-13(2-7-21(42)43)25(49)37-17(29(53)54)12-33-24(48)14(3-8-22(44)45)35-27(51)16(36-26(50)15(38-30)4-9-23(46)47)11-34-28(52)18(10-31)39-19(40)5-6-20(39)41/h5-6,13-18,32,38H,2-4,7-12,31H2,1H3,(H,33,48)(H,34,52)(H,35,51)(H,36,50)(H,37,49)(H,42,43)(H,44,45)(H,46,47)(H,53,54)/t13-,14-,15-,16-,17-,18-/m0/s1. The topological polar surface area (TPSA) is 382 Å². The number of carboxylic acid groups (broad SMARTS) is 4. The summed E-state index contributed by atoms with van der Waals surface area (Å²) in [6, 6.07) is -9.12. The van der Waals surface area contributed by atoms with E-state index in [1.165, 1.54) is 7.05 Å². The van der Waals surface area contributed by atoms with E-state index in [2.05, 4.69) is 35.4 Å². The third-order valence-corrected chi connectivity index (χ3v) is 8.33. The van der Waals surface area contributed by atoms with Crippen LogP contribution in [0.3, 0.4) is 0 Å². The molecule has 0 bridgehead atoms. The molecule has 1 aliphatic rings. The fourth-order valence-corrected chi connectivity index (χ4v) is 5.23. The summed E-state index contributed by atoms with van der Waals surface area (Å²) < 4.78 is 2.54. The van der Waals surface area contributed by atoms with E-state index in [-0.39, 0.29) is 12.8 Å². The predicted molar refractivity (Wildman–Crippen MR) is 188 cm³/mol. The van der Waals surface area contributed by atoms with Crippen LogP contribution in [0.5, 0.6) is 0 Å². The van der Waals surface area contributed by atoms with Crippen LogP contribution >= 0.6 is 22.9 Å². The molecule has 13 N–H and O–H groups in total. The van der Waals surface area contributed by atoms with Gasteiger partial charge < -0.3 is 58.1 Å². The first-order valence-electron chi connectivity index (χ1n) is 16.0. The van der Waals surface area contributed by atoms with Crippen LogP contribution in [0, 0.1) is 0 Å². The van der Waals surface area contributed by atoms with Gasteiger partial charge in [-0.15, -0.1) is 0 Å². The summed E-state index contributed by atoms with van der Waals surface area (Å²) in [6.45, 7) is -2.10. The van der Waals surface area contributed by atoms with Crippen LogP contribution in [0.15, 0.2) is 12.2 Å². The van der Waals surface area contributed by atoms with Gasteiger partial charge in [-0.2, -0.15) is 0 Å². The minimum Gasteiger partial charge on any atom is -0.481 e. The van der Waals surface area contributed by atoms with Crippen LogP contribution in [0.4, 0.5) is 0 Å². The molecular weight excluding hydrogens is 841 g/mol. The highest BCUT2D eigenvalue weighted by Gasteiger charge is 2.36. The van der Waals surface area contributed by atoms with Crippen LogP contribution in [0.25, 0.3) is 0 Å². The zero-order valence-corrected chi connectivity index (χ0v) is 30.8. The highest BCUT2D eigenvalue weighted by Crippen LogP contribution is 2.09. The van der Waals surface area contributed by atoms with Gasteiger partial charge in [0, 0.05) is 73.9 Å². The molecule has 0 unspecified atom stereocenters. The number of likely N-dealkylation sites (N-methyl/N-ethyl adjacent to an activating group) is 1. The molecular formula is C29H42IN9O15. The molecule has 1 aliphatic heterocycles. The van der Waals surface area contributed by atoms with Gasteiger partial charge in [-0.1, -0.05) is 0 Å². The third-order valence-electron chi connectivity index (χ3n) is 7.58. The van der Waals surface area contributed by atoms with E-state index in [0.29, 0.717) is 4.90 Å². The molecule has 24 nitrogen and oxygen atoms in total. The second kappa shape index (κ2) is 23.4. The molecule has 0 aromatic carbocycles. The first-order valence-corrected chi connectivity index (χ1v) is 17.1. The number of carbonyl (C=O) groups is 11. The summed E-state index contributed by atoms with van der Waals surface area (Å²) in [6.07, 6.45) is -0.851. The number of carboxylic acids is 4. The molecule has 0 saturated heterocycles. The second-order valence-corrected chi connectivity index (χ2v) is 12.1. The zero-order chi connectivity index (χ0) is 41.1. The molecule has 0 aliphatic carbocycles. The maximum atomic E-state index is 13.6. The molecule has 54 heavy (non-hydrogen) atoms. The highest BCUT2D eigenvalue weighted by atomic mass is 127. The van der Waals surface area contributed by atoms with E-state index >= 15 is 0 Å². The smallest absolute Gasteiger partial charge is 0.328 e. The summed E-state index contributed by atoms with van der Waals surface area (Å²) in [5.74, 6) is -12.4. The lowest BCUT2D eigenvalue weighted by Gasteiger charge is -2.27. The molecule has 300 valence electrons. The van der Waals surface area contributed by atoms with Gasteiger partial charge in [0.1, 0.15) is 24.2 Å². The number of amides is 7. The lowest BCUT2D eigenvalue weighted by atomic mass is 10.1. The molecule has 0 radical (unpaired) electrons. The Kier molecular flexibility index (Phi) is 20.3. The maximum Gasteiger partial charge on any atom is 0.328 e. The number of nitrogens with zero attached hydrogens (tertiary/aromatic N) is 1. The summed E-state index contributed by atoms with van der Waals surface area (Å²) >= 11 is 1.56. The van der Waals surface area contributed by atoms with Gasteiger partial charge in [0.2, 0.25) is 29.5 Å². The largest absolute Gasteiger partial charge is 0.481 e. The van der Waals surface area contributed by atoms with E-state index in [1.54, 1.807) is 22.9 Å². The monoisotopic (exact) mass is 883 g/mol. The van der Waals surface area contributed by atoms with Gasteiger partial charge in [-0.25, -0.2) is 8.32 Å². The summed E-state index contributed by atoms with van der Waals surface area (Å²) in [5.41, 5.74) is 5.62. The van der Waals surface area contributed by atoms with Crippen molar-refractivity contribution < 1.29 is 73.2 Å². The van der Waals surface area contributed by atoms with Gasteiger partial charge in [0.05, 0.1) is 12.1 Å². The summed E-state index contributed by atoms with van der Waals surface area (Å²) in [4.78, 5) is 135. The number of halogens is 1. The molecule has 1 rings (SSSR count). The quantitative estimate of drug-likeness (QED) is 0.0219. The Bertz CT molecular complexity index is 1480. The molecule has 1 heterocycles. The van der Waals surface area contributed by atoms with Gasteiger partial charge in [0.25, 0.3) is 11.8 Å². The number of hydrogen-bond acceptors (Lipinski definition) is 14. The minimum atomic E-state index is -1.77. The van der Waals surface area contributed by atoms with Crippen LogP contribution in [-0.4, -0.2) is 153 Å². The number of rotatable bonds is 26. The molecule has 0 aromatic heterocycles. The first-order chi connectivity index (χ1) is 25.4. The Hall–Kier alpha value is -5.28. The van der Waals surface area contributed by atoms with E-state index in [4.69, 9.17) is 15.9 Å². The number of nitrogens with two attached hydrogens (primary N) is 1. The maximum absolute atomic E-state index is 13.6. The van der Waals surface area contributed by atoms with Gasteiger partial charge in [0.15, 0.2) is 0 Å². The molecule has 6 atom stereocenters. The normalized spacial score (nSPS) is 15.5. The molecule has 0 fully saturated rings. The summed E-state index contributed by atoms with van der Waals surface area (Å²) in [7, 11) is 1.33. The Morgan fingerprint density at radius 1 is 0.630 bits per heavy atom. The van der Waals surface area contributed by atoms with Gasteiger partial charge in [-0.05, 0) is 26.3 Å². The van der Waals surface area contributed by atoms with E-state index in [9.17, 15) is 63.0 Å². The van der Waals surface area contributed by atoms with Crippen molar-refractivity contribution in [2.45, 2.75) is 74.8 Å². The van der Waals surface area contributed by atoms with Crippen molar-refractivity contribution >= 4 is 88.1 Å². The first kappa shape index (κ1) is 46.7. The number of carbonyl (C=O) groups excluding carboxylic acids is 7. The van der Waals surface area contributed by atoms with Crippen LogP contribution < -0.4 is 41.2 Å². The summed E-state index contributed by atoms with van der Waals surface area (Å²) in [5, 5.41) is 50.4. The number of imide groups is 1. The van der Waals surface area contributed by atoms with Crippen LogP contribution in [-0.2, 0) is 52.7 Å². The van der Waals surface area contributed by atoms with Gasteiger partial charge in [-0.3, -0.25) is 52.8 Å². The lowest BCUT2D eigenvalue weighted by Crippen LogP contribution is -2.61. The number of hydrogen-bond donors (Lipinski definition) is 12. The van der Waals surface area contributed by atoms with Crippen molar-refractivity contribution in [3.8, 4) is 0 Å². The number of aliphatic carboxylic acids is 4. The van der Waals surface area contributed by atoms with Crippen molar-refractivity contribution in [3.05, 3.63) is 12.2 Å². The Balaban J connectivity index is 3.26. The highest BCUT2D eigenvalue weighted by molar-refractivity contribution is 14.1. The molecule has 0 aromatic rings. The van der Waals surface area contributed by atoms with Gasteiger partial charge >= 0.3 is 23.9 Å². The third kappa shape index (κ3) is 15.8. The van der Waals surface area contributed by atoms with Crippen molar-refractivity contribution in [1.82, 2.24) is 40.3 Å². The average molecular weight is 884 g/mol. The van der Waals surface area contributed by atoms with E-state index in [1.807, 2.05) is 0 Å². The van der Waals surface area contributed by atoms with Crippen molar-refractivity contribution in [1.29, 1.82) is 0 Å². The Morgan fingerprint density at radius 2 is 1.04 bits per heavy atom. The Labute approximate surface area is 320 Å². The van der Waals surface area contributed by atoms with Crippen LogP contribution in [0.2, 0.25) is 0 Å². The molecule has 0 saturated carbocycles. The van der Waals surface area contributed by atoms with Crippen molar-refractivity contribution in [2.24, 2.45) is 5.73 Å². The molecule has 7 amide bonds. The van der Waals surface area contributed by atoms with Crippen molar-refractivity contribution in [3.63, 3.8) is 0 Å². The molecule has 25 heteroatoms. The number of nitrogens with one attached hydrogen (secondary N) is 7. The minimum absolute atomic E-state index is 0.204. The molecule has 0 spiro atoms. The van der Waals surface area contributed by atoms with Crippen LogP contribution in [0.1, 0.15) is 38.5 Å². The van der Waals surface area contributed by atoms with E-state index < -0.39 is 147 Å². The second-order valence-electron chi connectivity index (χ2n) is 11.4. The SMILES string of the molecule is CN[C@@H](CCC(=O)O)C(=O)N[C@@H](CNC(=O)[C@H](CCC(=O)O)NC(=O)[C@H](CNC(=O)[C@H](CN)N1C(=O)C=CC1=O)NC(=O)[C@H](CCC(=O)O)NI)C(=O)O. The van der Waals surface area contributed by atoms with E-state index in [0.717, 1.165) is 12.2 Å². The Morgan fingerprint density at radius 3 is 1.50 bits per heavy atom. The lowest BCUT2D eigenvalue weighted by molar-refractivity contribution is -0.145. The fourth-order valence-electron chi connectivity index (χ4n) is 4.64.